The van der Waals surface area contributed by atoms with Crippen molar-refractivity contribution in [3.05, 3.63) is 69.9 Å². The van der Waals surface area contributed by atoms with Gasteiger partial charge in [-0.3, -0.25) is 9.89 Å². The summed E-state index contributed by atoms with van der Waals surface area (Å²) in [6.45, 7) is 4.53. The molecule has 0 saturated carbocycles. The van der Waals surface area contributed by atoms with Gasteiger partial charge in [0.25, 0.3) is 5.95 Å². The number of aromatic amines is 1. The van der Waals surface area contributed by atoms with Gasteiger partial charge in [-0.25, -0.2) is 14.4 Å². The number of hydrogen-bond donors (Lipinski definition) is 1. The zero-order valence-corrected chi connectivity index (χ0v) is 15.3. The standard InChI is InChI=1S/C20H17FN6O/c1-3-27-11-16(17(28)15-9-4-12(2)23-19(15)27)18-24-20(26-25-18)22-10-13-5-7-14(21)8-6-13/h4-11H,3H2,1-2H3,(H,24,25,26)/b22-10+. The molecule has 8 heteroatoms. The topological polar surface area (TPSA) is 88.8 Å². The fraction of sp³-hybridized carbons (Fsp3) is 0.150. The molecule has 1 aromatic carbocycles. The number of hydrogen-bond acceptors (Lipinski definition) is 5. The number of aryl methyl sites for hydroxylation is 2. The van der Waals surface area contributed by atoms with Crippen LogP contribution in [0.2, 0.25) is 0 Å². The summed E-state index contributed by atoms with van der Waals surface area (Å²) in [5.74, 6) is 0.204. The Morgan fingerprint density at radius 2 is 1.96 bits per heavy atom. The molecule has 3 aromatic heterocycles. The lowest BCUT2D eigenvalue weighted by atomic mass is 10.1. The van der Waals surface area contributed by atoms with E-state index in [1.807, 2.05) is 24.5 Å². The van der Waals surface area contributed by atoms with Crippen molar-refractivity contribution < 1.29 is 4.39 Å². The average Bonchev–Trinajstić information content (AvgIpc) is 3.16. The maximum absolute atomic E-state index is 13.0. The lowest BCUT2D eigenvalue weighted by Gasteiger charge is -2.10. The Bertz CT molecular complexity index is 1240. The number of aliphatic imine (C=N–C) groups is 1. The van der Waals surface area contributed by atoms with Gasteiger partial charge in [0.15, 0.2) is 5.82 Å². The number of nitrogens with zero attached hydrogens (tertiary/aromatic N) is 5. The molecule has 140 valence electrons. The molecule has 1 N–H and O–H groups in total. The number of nitrogens with one attached hydrogen (secondary N) is 1. The molecule has 0 spiro atoms. The summed E-state index contributed by atoms with van der Waals surface area (Å²) in [4.78, 5) is 25.9. The first-order valence-corrected chi connectivity index (χ1v) is 8.78. The van der Waals surface area contributed by atoms with Crippen LogP contribution in [0.15, 0.2) is 52.4 Å². The predicted octanol–water partition coefficient (Wildman–Crippen LogP) is 3.40. The minimum atomic E-state index is -0.314. The predicted molar refractivity (Wildman–Crippen MR) is 105 cm³/mol. The van der Waals surface area contributed by atoms with Crippen LogP contribution in [0, 0.1) is 12.7 Å². The zero-order chi connectivity index (χ0) is 19.7. The molecule has 3 heterocycles. The number of pyridine rings is 2. The van der Waals surface area contributed by atoms with E-state index in [1.54, 1.807) is 24.4 Å². The van der Waals surface area contributed by atoms with E-state index in [0.29, 0.717) is 34.5 Å². The molecule has 0 unspecified atom stereocenters. The van der Waals surface area contributed by atoms with Crippen LogP contribution in [0.3, 0.4) is 0 Å². The highest BCUT2D eigenvalue weighted by molar-refractivity contribution is 5.82. The van der Waals surface area contributed by atoms with Crippen LogP contribution >= 0.6 is 0 Å². The van der Waals surface area contributed by atoms with E-state index in [2.05, 4.69) is 25.2 Å². The van der Waals surface area contributed by atoms with Gasteiger partial charge in [-0.05, 0) is 43.7 Å². The second kappa shape index (κ2) is 7.15. The second-order valence-electron chi connectivity index (χ2n) is 6.28. The smallest absolute Gasteiger partial charge is 0.268 e. The van der Waals surface area contributed by atoms with E-state index in [-0.39, 0.29) is 17.2 Å². The van der Waals surface area contributed by atoms with E-state index in [9.17, 15) is 9.18 Å². The summed E-state index contributed by atoms with van der Waals surface area (Å²) in [5, 5.41) is 7.34. The van der Waals surface area contributed by atoms with E-state index in [0.717, 1.165) is 5.69 Å². The normalized spacial score (nSPS) is 11.5. The summed E-state index contributed by atoms with van der Waals surface area (Å²) in [6, 6.07) is 9.49. The fourth-order valence-electron chi connectivity index (χ4n) is 2.88. The number of H-pyrrole nitrogens is 1. The van der Waals surface area contributed by atoms with Crippen molar-refractivity contribution in [2.24, 2.45) is 4.99 Å². The first-order valence-electron chi connectivity index (χ1n) is 8.78. The van der Waals surface area contributed by atoms with Crippen molar-refractivity contribution in [1.29, 1.82) is 0 Å². The van der Waals surface area contributed by atoms with E-state index < -0.39 is 0 Å². The van der Waals surface area contributed by atoms with Crippen molar-refractivity contribution >= 4 is 23.2 Å². The average molecular weight is 376 g/mol. The third-order valence-electron chi connectivity index (χ3n) is 4.33. The highest BCUT2D eigenvalue weighted by atomic mass is 19.1. The van der Waals surface area contributed by atoms with Crippen LogP contribution in [0.4, 0.5) is 10.3 Å². The summed E-state index contributed by atoms with van der Waals surface area (Å²) < 4.78 is 14.9. The summed E-state index contributed by atoms with van der Waals surface area (Å²) in [5.41, 5.74) is 2.44. The summed E-state index contributed by atoms with van der Waals surface area (Å²) in [6.07, 6.45) is 3.26. The summed E-state index contributed by atoms with van der Waals surface area (Å²) >= 11 is 0. The SMILES string of the molecule is CCn1cc(-c2nc(/N=C/c3ccc(F)cc3)n[nH]2)c(=O)c2ccc(C)nc21. The molecule has 0 aliphatic heterocycles. The number of rotatable bonds is 4. The highest BCUT2D eigenvalue weighted by Crippen LogP contribution is 2.18. The van der Waals surface area contributed by atoms with Crippen LogP contribution in [0.5, 0.6) is 0 Å². The number of halogens is 1. The van der Waals surface area contributed by atoms with Gasteiger partial charge in [0.05, 0.1) is 10.9 Å². The van der Waals surface area contributed by atoms with Crippen LogP contribution in [-0.2, 0) is 6.54 Å². The van der Waals surface area contributed by atoms with Crippen molar-refractivity contribution in [3.8, 4) is 11.4 Å². The van der Waals surface area contributed by atoms with Crippen molar-refractivity contribution in [1.82, 2.24) is 24.7 Å². The molecule has 0 radical (unpaired) electrons. The molecule has 0 saturated heterocycles. The third-order valence-corrected chi connectivity index (χ3v) is 4.33. The Balaban J connectivity index is 1.73. The largest absolute Gasteiger partial charge is 0.332 e. The van der Waals surface area contributed by atoms with Gasteiger partial charge < -0.3 is 4.57 Å². The Labute approximate surface area is 159 Å². The van der Waals surface area contributed by atoms with Gasteiger partial charge in [0.2, 0.25) is 5.43 Å². The molecule has 4 aromatic rings. The minimum Gasteiger partial charge on any atom is -0.332 e. The molecule has 0 fully saturated rings. The first kappa shape index (κ1) is 17.7. The molecule has 4 rings (SSSR count). The van der Waals surface area contributed by atoms with Gasteiger partial charge in [-0.2, -0.15) is 4.98 Å². The Morgan fingerprint density at radius 1 is 1.18 bits per heavy atom. The van der Waals surface area contributed by atoms with E-state index in [4.69, 9.17) is 0 Å². The Kier molecular flexibility index (Phi) is 4.52. The first-order chi connectivity index (χ1) is 13.5. The molecular formula is C20H17FN6O. The Morgan fingerprint density at radius 3 is 2.71 bits per heavy atom. The maximum Gasteiger partial charge on any atom is 0.268 e. The zero-order valence-electron chi connectivity index (χ0n) is 15.3. The highest BCUT2D eigenvalue weighted by Gasteiger charge is 2.14. The number of fused-ring (bicyclic) bond motifs is 1. The van der Waals surface area contributed by atoms with Crippen LogP contribution in [-0.4, -0.2) is 30.9 Å². The lowest BCUT2D eigenvalue weighted by Crippen LogP contribution is -2.13. The fourth-order valence-corrected chi connectivity index (χ4v) is 2.88. The minimum absolute atomic E-state index is 0.169. The van der Waals surface area contributed by atoms with Crippen molar-refractivity contribution in [3.63, 3.8) is 0 Å². The van der Waals surface area contributed by atoms with E-state index in [1.165, 1.54) is 18.3 Å². The summed E-state index contributed by atoms with van der Waals surface area (Å²) in [7, 11) is 0. The van der Waals surface area contributed by atoms with Crippen molar-refractivity contribution in [2.45, 2.75) is 20.4 Å². The van der Waals surface area contributed by atoms with Crippen LogP contribution < -0.4 is 5.43 Å². The van der Waals surface area contributed by atoms with Gasteiger partial charge >= 0.3 is 0 Å². The quantitative estimate of drug-likeness (QED) is 0.553. The lowest BCUT2D eigenvalue weighted by molar-refractivity contribution is 0.628. The second-order valence-corrected chi connectivity index (χ2v) is 6.28. The molecular weight excluding hydrogens is 359 g/mol. The molecule has 7 nitrogen and oxygen atoms in total. The third kappa shape index (κ3) is 3.32. The molecule has 0 atom stereocenters. The van der Waals surface area contributed by atoms with Gasteiger partial charge in [0, 0.05) is 24.7 Å². The number of aromatic nitrogens is 5. The van der Waals surface area contributed by atoms with Crippen molar-refractivity contribution in [2.75, 3.05) is 0 Å². The van der Waals surface area contributed by atoms with Gasteiger partial charge in [0.1, 0.15) is 11.5 Å². The monoisotopic (exact) mass is 376 g/mol. The maximum atomic E-state index is 13.0. The van der Waals surface area contributed by atoms with Gasteiger partial charge in [-0.1, -0.05) is 12.1 Å². The molecule has 28 heavy (non-hydrogen) atoms. The van der Waals surface area contributed by atoms with E-state index >= 15 is 0 Å². The molecule has 0 aliphatic carbocycles. The number of benzene rings is 1. The van der Waals surface area contributed by atoms with Gasteiger partial charge in [-0.15, -0.1) is 5.10 Å². The molecule has 0 bridgehead atoms. The van der Waals surface area contributed by atoms with Crippen LogP contribution in [0.25, 0.3) is 22.4 Å². The molecule has 0 aliphatic rings. The molecule has 0 amide bonds. The Hall–Kier alpha value is -3.68. The van der Waals surface area contributed by atoms with Crippen LogP contribution in [0.1, 0.15) is 18.2 Å².